The molecule has 1 saturated carbocycles. The smallest absolute Gasteiger partial charge is 0.338 e. The molecule has 1 aliphatic carbocycles. The van der Waals surface area contributed by atoms with Gasteiger partial charge in [0.1, 0.15) is 23.6 Å². The highest BCUT2D eigenvalue weighted by Crippen LogP contribution is 2.53. The summed E-state index contributed by atoms with van der Waals surface area (Å²) in [6.07, 6.45) is 1.82. The lowest BCUT2D eigenvalue weighted by Gasteiger charge is -2.31. The van der Waals surface area contributed by atoms with Crippen LogP contribution in [0.2, 0.25) is 0 Å². The van der Waals surface area contributed by atoms with Gasteiger partial charge in [0, 0.05) is 6.42 Å². The number of fused-ring (bicyclic) bond motifs is 2. The predicted molar refractivity (Wildman–Crippen MR) is 102 cm³/mol. The van der Waals surface area contributed by atoms with Crippen LogP contribution in [0.25, 0.3) is 0 Å². The molecule has 6 nitrogen and oxygen atoms in total. The van der Waals surface area contributed by atoms with Crippen LogP contribution in [0.15, 0.2) is 24.3 Å². The topological polar surface area (TPSA) is 91.8 Å². The first-order valence-corrected chi connectivity index (χ1v) is 10.1. The van der Waals surface area contributed by atoms with Crippen LogP contribution in [-0.2, 0) is 14.2 Å². The number of esters is 1. The van der Waals surface area contributed by atoms with Crippen molar-refractivity contribution in [3.8, 4) is 5.75 Å². The molecular weight excluding hydrogens is 360 g/mol. The summed E-state index contributed by atoms with van der Waals surface area (Å²) in [7, 11) is 0. The van der Waals surface area contributed by atoms with Gasteiger partial charge >= 0.3 is 5.97 Å². The maximum Gasteiger partial charge on any atom is 0.338 e. The summed E-state index contributed by atoms with van der Waals surface area (Å²) < 4.78 is 17.8. The third-order valence-corrected chi connectivity index (χ3v) is 6.93. The zero-order chi connectivity index (χ0) is 20.3. The number of aliphatic hydroxyl groups excluding tert-OH is 1. The molecule has 0 aromatic heterocycles. The van der Waals surface area contributed by atoms with Crippen molar-refractivity contribution in [2.45, 2.75) is 89.0 Å². The molecule has 1 aromatic rings. The number of aromatic hydroxyl groups is 1. The number of carbonyl (C=O) groups excluding carboxylic acids is 1. The van der Waals surface area contributed by atoms with Crippen molar-refractivity contribution in [3.63, 3.8) is 0 Å². The van der Waals surface area contributed by atoms with Gasteiger partial charge in [0.15, 0.2) is 0 Å². The molecule has 2 heterocycles. The van der Waals surface area contributed by atoms with Gasteiger partial charge in [-0.3, -0.25) is 0 Å². The zero-order valence-electron chi connectivity index (χ0n) is 17.0. The van der Waals surface area contributed by atoms with Gasteiger partial charge in [0.05, 0.1) is 23.4 Å². The van der Waals surface area contributed by atoms with Gasteiger partial charge in [-0.05, 0) is 62.8 Å². The van der Waals surface area contributed by atoms with Crippen molar-refractivity contribution in [2.75, 3.05) is 0 Å². The second kappa shape index (κ2) is 6.44. The van der Waals surface area contributed by atoms with Gasteiger partial charge < -0.3 is 24.4 Å². The lowest BCUT2D eigenvalue weighted by molar-refractivity contribution is 0.00189. The van der Waals surface area contributed by atoms with E-state index in [1.54, 1.807) is 0 Å². The van der Waals surface area contributed by atoms with Crippen LogP contribution in [0.4, 0.5) is 0 Å². The Morgan fingerprint density at radius 1 is 1.11 bits per heavy atom. The molecular formula is C22H30O6. The van der Waals surface area contributed by atoms with E-state index in [9.17, 15) is 15.0 Å². The molecule has 4 rings (SSSR count). The first kappa shape index (κ1) is 19.7. The summed E-state index contributed by atoms with van der Waals surface area (Å²) in [5.74, 6) is -0.372. The standard InChI is InChI=1S/C22H30O6/c1-20(2)10-5-11-21(3)15(27-21)12-16(22(4)18(28-22)17(20)24)26-19(25)13-6-8-14(23)9-7-13/h6-9,15-18,23-24H,5,10-12H2,1-4H3/t15?,16-,17+,18+,21?,22+/m0/s1. The van der Waals surface area contributed by atoms with Gasteiger partial charge in [-0.2, -0.15) is 0 Å². The number of carbonyl (C=O) groups is 1. The molecule has 0 amide bonds. The molecule has 3 fully saturated rings. The normalized spacial score (nSPS) is 41.8. The fraction of sp³-hybridized carbons (Fsp3) is 0.682. The van der Waals surface area contributed by atoms with E-state index in [1.807, 2.05) is 6.92 Å². The number of ether oxygens (including phenoxy) is 3. The molecule has 0 radical (unpaired) electrons. The highest BCUT2D eigenvalue weighted by molar-refractivity contribution is 5.89. The molecule has 28 heavy (non-hydrogen) atoms. The summed E-state index contributed by atoms with van der Waals surface area (Å²) in [6, 6.07) is 5.98. The summed E-state index contributed by atoms with van der Waals surface area (Å²) >= 11 is 0. The second-order valence-corrected chi connectivity index (χ2v) is 9.60. The van der Waals surface area contributed by atoms with Crippen molar-refractivity contribution >= 4 is 5.97 Å². The molecule has 3 aliphatic rings. The first-order chi connectivity index (χ1) is 13.1. The number of epoxide rings is 2. The molecule has 6 heteroatoms. The monoisotopic (exact) mass is 390 g/mol. The molecule has 6 atom stereocenters. The molecule has 154 valence electrons. The number of benzene rings is 1. The third-order valence-electron chi connectivity index (χ3n) is 6.93. The van der Waals surface area contributed by atoms with Crippen molar-refractivity contribution in [2.24, 2.45) is 5.41 Å². The maximum atomic E-state index is 12.7. The molecule has 0 bridgehead atoms. The highest BCUT2D eigenvalue weighted by Gasteiger charge is 2.67. The number of hydrogen-bond donors (Lipinski definition) is 2. The molecule has 2 saturated heterocycles. The van der Waals surface area contributed by atoms with Crippen LogP contribution in [0.3, 0.4) is 0 Å². The van der Waals surface area contributed by atoms with E-state index in [4.69, 9.17) is 14.2 Å². The van der Waals surface area contributed by atoms with Gasteiger partial charge in [-0.25, -0.2) is 4.79 Å². The van der Waals surface area contributed by atoms with Gasteiger partial charge in [0.2, 0.25) is 0 Å². The predicted octanol–water partition coefficient (Wildman–Crippen LogP) is 3.19. The van der Waals surface area contributed by atoms with Crippen LogP contribution in [0.5, 0.6) is 5.75 Å². The Morgan fingerprint density at radius 3 is 2.46 bits per heavy atom. The van der Waals surface area contributed by atoms with Crippen LogP contribution >= 0.6 is 0 Å². The lowest BCUT2D eigenvalue weighted by Crippen LogP contribution is -2.42. The van der Waals surface area contributed by atoms with E-state index in [2.05, 4.69) is 20.8 Å². The average Bonchev–Trinajstić information content (AvgIpc) is 3.49. The fourth-order valence-corrected chi connectivity index (χ4v) is 4.53. The van der Waals surface area contributed by atoms with E-state index in [0.717, 1.165) is 19.3 Å². The third kappa shape index (κ3) is 3.42. The lowest BCUT2D eigenvalue weighted by atomic mass is 9.77. The van der Waals surface area contributed by atoms with Crippen LogP contribution in [-0.4, -0.2) is 51.8 Å². The Balaban J connectivity index is 1.57. The van der Waals surface area contributed by atoms with Gasteiger partial charge in [-0.15, -0.1) is 0 Å². The van der Waals surface area contributed by atoms with E-state index < -0.39 is 23.8 Å². The minimum absolute atomic E-state index is 0.0187. The number of phenolic OH excluding ortho intramolecular Hbond substituents is 1. The maximum absolute atomic E-state index is 12.7. The molecule has 0 spiro atoms. The minimum Gasteiger partial charge on any atom is -0.508 e. The average molecular weight is 390 g/mol. The Hall–Kier alpha value is -1.63. The second-order valence-electron chi connectivity index (χ2n) is 9.60. The van der Waals surface area contributed by atoms with Crippen molar-refractivity contribution in [3.05, 3.63) is 29.8 Å². The quantitative estimate of drug-likeness (QED) is 0.595. The molecule has 1 aromatic carbocycles. The van der Waals surface area contributed by atoms with Crippen molar-refractivity contribution in [1.29, 1.82) is 0 Å². The Bertz CT molecular complexity index is 759. The number of hydrogen-bond acceptors (Lipinski definition) is 6. The van der Waals surface area contributed by atoms with Crippen molar-refractivity contribution < 1.29 is 29.2 Å². The molecule has 2 unspecified atom stereocenters. The van der Waals surface area contributed by atoms with Crippen LogP contribution < -0.4 is 0 Å². The largest absolute Gasteiger partial charge is 0.508 e. The summed E-state index contributed by atoms with van der Waals surface area (Å²) in [5, 5.41) is 20.4. The SMILES string of the molecule is CC12CCCC(C)(C)[C@H](O)[C@H]3O[C@]3(C)[C@@H](OC(=O)c3ccc(O)cc3)CC1O2. The van der Waals surface area contributed by atoms with Gasteiger partial charge in [-0.1, -0.05) is 13.8 Å². The number of aliphatic hydroxyl groups is 1. The Morgan fingerprint density at radius 2 is 1.79 bits per heavy atom. The zero-order valence-corrected chi connectivity index (χ0v) is 17.0. The molecule has 2 aliphatic heterocycles. The van der Waals surface area contributed by atoms with Crippen LogP contribution in [0.1, 0.15) is 63.7 Å². The van der Waals surface area contributed by atoms with Gasteiger partial charge in [0.25, 0.3) is 0 Å². The summed E-state index contributed by atoms with van der Waals surface area (Å²) in [6.45, 7) is 8.13. The van der Waals surface area contributed by atoms with Crippen molar-refractivity contribution in [1.82, 2.24) is 0 Å². The highest BCUT2D eigenvalue weighted by atomic mass is 16.7. The molecule has 2 N–H and O–H groups in total. The van der Waals surface area contributed by atoms with E-state index in [-0.39, 0.29) is 29.0 Å². The van der Waals surface area contributed by atoms with Crippen LogP contribution in [0, 0.1) is 5.41 Å². The summed E-state index contributed by atoms with van der Waals surface area (Å²) in [5.41, 5.74) is -0.859. The first-order valence-electron chi connectivity index (χ1n) is 10.1. The number of phenols is 1. The fourth-order valence-electron chi connectivity index (χ4n) is 4.53. The minimum atomic E-state index is -0.736. The summed E-state index contributed by atoms with van der Waals surface area (Å²) in [4.78, 5) is 12.7. The Labute approximate surface area is 165 Å². The Kier molecular flexibility index (Phi) is 4.53. The van der Waals surface area contributed by atoms with E-state index >= 15 is 0 Å². The number of rotatable bonds is 2. The van der Waals surface area contributed by atoms with E-state index in [0.29, 0.717) is 12.0 Å². The van der Waals surface area contributed by atoms with E-state index in [1.165, 1.54) is 24.3 Å².